The van der Waals surface area contributed by atoms with Gasteiger partial charge in [0.15, 0.2) is 0 Å². The Balaban J connectivity index is 1.56. The van der Waals surface area contributed by atoms with Crippen molar-refractivity contribution >= 4 is 43.3 Å². The lowest BCUT2D eigenvalue weighted by Gasteiger charge is -2.23. The van der Waals surface area contributed by atoms with Crippen molar-refractivity contribution in [1.29, 1.82) is 0 Å². The maximum atomic E-state index is 6.13. The number of aromatic nitrogens is 1. The Morgan fingerprint density at radius 2 is 1.65 bits per heavy atom. The zero-order valence-electron chi connectivity index (χ0n) is 22.5. The van der Waals surface area contributed by atoms with Gasteiger partial charge in [-0.1, -0.05) is 65.0 Å². The highest BCUT2D eigenvalue weighted by Gasteiger charge is 2.20. The molecule has 0 bridgehead atoms. The molecular weight excluding hydrogens is 470 g/mol. The number of hydrogen-bond acceptors (Lipinski definition) is 3. The van der Waals surface area contributed by atoms with Crippen LogP contribution in [-0.2, 0) is 11.8 Å². The molecule has 3 aromatic carbocycles. The van der Waals surface area contributed by atoms with Crippen LogP contribution in [0, 0.1) is 12.8 Å². The van der Waals surface area contributed by atoms with Gasteiger partial charge in [0.05, 0.1) is 15.9 Å². The molecular formula is C34H33NOS. The van der Waals surface area contributed by atoms with E-state index >= 15 is 0 Å². The maximum Gasteiger partial charge on any atom is 0.134 e. The van der Waals surface area contributed by atoms with E-state index in [2.05, 4.69) is 114 Å². The van der Waals surface area contributed by atoms with E-state index in [0.29, 0.717) is 5.92 Å². The molecule has 37 heavy (non-hydrogen) atoms. The van der Waals surface area contributed by atoms with E-state index in [-0.39, 0.29) is 5.41 Å². The second kappa shape index (κ2) is 8.85. The first-order valence-corrected chi connectivity index (χ1v) is 13.9. The van der Waals surface area contributed by atoms with Crippen molar-refractivity contribution in [2.75, 3.05) is 0 Å². The third-order valence-electron chi connectivity index (χ3n) is 7.06. The minimum atomic E-state index is 0.0293. The highest BCUT2D eigenvalue weighted by Crippen LogP contribution is 2.40. The van der Waals surface area contributed by atoms with Gasteiger partial charge in [-0.25, -0.2) is 4.98 Å². The van der Waals surface area contributed by atoms with Crippen molar-refractivity contribution in [2.45, 2.75) is 53.4 Å². The van der Waals surface area contributed by atoms with Crippen LogP contribution in [0.5, 0.6) is 0 Å². The zero-order chi connectivity index (χ0) is 25.9. The van der Waals surface area contributed by atoms with Gasteiger partial charge in [0.25, 0.3) is 0 Å². The van der Waals surface area contributed by atoms with Gasteiger partial charge in [0.2, 0.25) is 0 Å². The summed E-state index contributed by atoms with van der Waals surface area (Å²) in [5, 5.41) is 3.73. The van der Waals surface area contributed by atoms with Crippen LogP contribution in [-0.4, -0.2) is 4.98 Å². The molecule has 6 rings (SSSR count). The maximum absolute atomic E-state index is 6.13. The molecule has 3 heterocycles. The Labute approximate surface area is 223 Å². The van der Waals surface area contributed by atoms with E-state index in [4.69, 9.17) is 9.40 Å². The Bertz CT molecular complexity index is 1780. The molecule has 3 aromatic heterocycles. The zero-order valence-corrected chi connectivity index (χ0v) is 23.3. The van der Waals surface area contributed by atoms with Gasteiger partial charge in [-0.3, -0.25) is 0 Å². The first-order chi connectivity index (χ1) is 17.7. The second-order valence-electron chi connectivity index (χ2n) is 11.7. The third-order valence-corrected chi connectivity index (χ3v) is 8.13. The van der Waals surface area contributed by atoms with Gasteiger partial charge in [-0.05, 0) is 82.6 Å². The average molecular weight is 504 g/mol. The Morgan fingerprint density at radius 1 is 0.865 bits per heavy atom. The summed E-state index contributed by atoms with van der Waals surface area (Å²) in [5.74, 6) is 1.62. The number of fused-ring (bicyclic) bond motifs is 3. The van der Waals surface area contributed by atoms with E-state index in [0.717, 1.165) is 34.4 Å². The quantitative estimate of drug-likeness (QED) is 0.239. The van der Waals surface area contributed by atoms with E-state index in [1.807, 2.05) is 11.3 Å². The van der Waals surface area contributed by atoms with Gasteiger partial charge in [0, 0.05) is 27.8 Å². The van der Waals surface area contributed by atoms with Crippen LogP contribution in [0.2, 0.25) is 0 Å². The molecule has 0 N–H and O–H groups in total. The highest BCUT2D eigenvalue weighted by atomic mass is 32.1. The first kappa shape index (κ1) is 23.9. The van der Waals surface area contributed by atoms with Crippen LogP contribution in [0.25, 0.3) is 54.3 Å². The minimum Gasteiger partial charge on any atom is -0.461 e. The fourth-order valence-electron chi connectivity index (χ4n) is 5.35. The monoisotopic (exact) mass is 503 g/mol. The molecule has 0 atom stereocenters. The van der Waals surface area contributed by atoms with Gasteiger partial charge < -0.3 is 4.42 Å². The molecule has 186 valence electrons. The van der Waals surface area contributed by atoms with Gasteiger partial charge >= 0.3 is 0 Å². The normalized spacial score (nSPS) is 12.4. The predicted molar refractivity (Wildman–Crippen MR) is 160 cm³/mol. The summed E-state index contributed by atoms with van der Waals surface area (Å²) in [5.41, 5.74) is 8.02. The topological polar surface area (TPSA) is 26.0 Å². The van der Waals surface area contributed by atoms with Gasteiger partial charge in [-0.2, -0.15) is 0 Å². The van der Waals surface area contributed by atoms with Crippen LogP contribution < -0.4 is 0 Å². The number of aryl methyl sites for hydroxylation is 1. The van der Waals surface area contributed by atoms with E-state index in [1.54, 1.807) is 0 Å². The standard InChI is InChI=1S/C34H33NOS/c1-20(2)13-26-17-25-16-23(11-12-32(25)36-26)28-19-30(35-31-14-21(3)37-33(28)31)24-15-22-9-7-8-10-27(22)29(18-24)34(4,5)6/h7-12,14-20H,13H2,1-6H3. The average Bonchev–Trinajstić information content (AvgIpc) is 3.42. The van der Waals surface area contributed by atoms with Crippen LogP contribution in [0.3, 0.4) is 0 Å². The van der Waals surface area contributed by atoms with Crippen LogP contribution >= 0.6 is 11.3 Å². The summed E-state index contributed by atoms with van der Waals surface area (Å²) in [6, 6.07) is 26.6. The molecule has 0 fully saturated rings. The summed E-state index contributed by atoms with van der Waals surface area (Å²) in [7, 11) is 0. The number of pyridine rings is 1. The predicted octanol–water partition coefficient (Wildman–Crippen LogP) is 10.3. The number of thiophene rings is 1. The molecule has 0 aliphatic carbocycles. The molecule has 0 saturated carbocycles. The van der Waals surface area contributed by atoms with Crippen LogP contribution in [0.4, 0.5) is 0 Å². The second-order valence-corrected chi connectivity index (χ2v) is 12.9. The largest absolute Gasteiger partial charge is 0.461 e. The molecule has 0 saturated heterocycles. The number of hydrogen-bond donors (Lipinski definition) is 0. The van der Waals surface area contributed by atoms with Crippen molar-refractivity contribution < 1.29 is 4.42 Å². The van der Waals surface area contributed by atoms with Crippen molar-refractivity contribution in [1.82, 2.24) is 4.98 Å². The number of benzene rings is 3. The molecule has 0 amide bonds. The lowest BCUT2D eigenvalue weighted by Crippen LogP contribution is -2.12. The SMILES string of the molecule is Cc1cc2nc(-c3cc(C(C)(C)C)c4ccccc4c3)cc(-c3ccc4oc(CC(C)C)cc4c3)c2s1. The third kappa shape index (κ3) is 4.46. The fourth-order valence-corrected chi connectivity index (χ4v) is 6.34. The summed E-state index contributed by atoms with van der Waals surface area (Å²) >= 11 is 1.82. The molecule has 0 aliphatic heterocycles. The van der Waals surface area contributed by atoms with Crippen molar-refractivity contribution in [2.24, 2.45) is 5.92 Å². The molecule has 0 unspecified atom stereocenters. The van der Waals surface area contributed by atoms with E-state index in [1.165, 1.54) is 42.6 Å². The van der Waals surface area contributed by atoms with Crippen molar-refractivity contribution in [3.05, 3.63) is 89.0 Å². The van der Waals surface area contributed by atoms with Crippen LogP contribution in [0.1, 0.15) is 50.8 Å². The number of rotatable bonds is 4. The van der Waals surface area contributed by atoms with E-state index in [9.17, 15) is 0 Å². The summed E-state index contributed by atoms with van der Waals surface area (Å²) in [6.45, 7) is 13.5. The minimum absolute atomic E-state index is 0.0293. The van der Waals surface area contributed by atoms with E-state index < -0.39 is 0 Å². The molecule has 0 spiro atoms. The van der Waals surface area contributed by atoms with Crippen molar-refractivity contribution in [3.63, 3.8) is 0 Å². The van der Waals surface area contributed by atoms with Crippen molar-refractivity contribution in [3.8, 4) is 22.4 Å². The molecule has 6 aromatic rings. The summed E-state index contributed by atoms with van der Waals surface area (Å²) < 4.78 is 7.37. The Kier molecular flexibility index (Phi) is 5.72. The number of nitrogens with zero attached hydrogens (tertiary/aromatic N) is 1. The lowest BCUT2D eigenvalue weighted by atomic mass is 9.82. The molecule has 2 nitrogen and oxygen atoms in total. The molecule has 3 heteroatoms. The summed E-state index contributed by atoms with van der Waals surface area (Å²) in [6.07, 6.45) is 0.954. The summed E-state index contributed by atoms with van der Waals surface area (Å²) in [4.78, 5) is 6.45. The Morgan fingerprint density at radius 3 is 2.43 bits per heavy atom. The highest BCUT2D eigenvalue weighted by molar-refractivity contribution is 7.19. The molecule has 0 radical (unpaired) electrons. The smallest absolute Gasteiger partial charge is 0.134 e. The lowest BCUT2D eigenvalue weighted by molar-refractivity contribution is 0.500. The first-order valence-electron chi connectivity index (χ1n) is 13.1. The van der Waals surface area contributed by atoms with Gasteiger partial charge in [0.1, 0.15) is 11.3 Å². The molecule has 0 aliphatic rings. The Hall–Kier alpha value is -3.43. The fraction of sp³-hybridized carbons (Fsp3) is 0.265. The van der Waals surface area contributed by atoms with Crippen LogP contribution in [0.15, 0.2) is 77.2 Å². The number of furan rings is 1. The van der Waals surface area contributed by atoms with Gasteiger partial charge in [-0.15, -0.1) is 11.3 Å².